The number of benzene rings is 4. The van der Waals surface area contributed by atoms with E-state index < -0.39 is 8.07 Å². The van der Waals surface area contributed by atoms with Crippen LogP contribution in [-0.2, 0) is 20.1 Å². The molecule has 4 heterocycles. The van der Waals surface area contributed by atoms with Gasteiger partial charge in [-0.05, 0) is 91.5 Å². The average molecular weight is 940 g/mol. The molecule has 0 saturated heterocycles. The normalized spacial score (nSPS) is 13.2. The van der Waals surface area contributed by atoms with E-state index >= 15 is 0 Å². The maximum atomic E-state index is 6.41. The van der Waals surface area contributed by atoms with Crippen molar-refractivity contribution in [1.29, 1.82) is 0 Å². The second-order valence-corrected chi connectivity index (χ2v) is 21.4. The summed E-state index contributed by atoms with van der Waals surface area (Å²) in [6.07, 6.45) is 10.6. The Kier molecular flexibility index (Phi) is 12.2. The van der Waals surface area contributed by atoms with Crippen molar-refractivity contribution in [2.24, 2.45) is 0 Å². The third kappa shape index (κ3) is 8.94. The maximum Gasteiger partial charge on any atom is 0.121 e. The fourth-order valence-electron chi connectivity index (χ4n) is 8.27. The van der Waals surface area contributed by atoms with E-state index in [4.69, 9.17) is 14.4 Å². The van der Waals surface area contributed by atoms with E-state index in [9.17, 15) is 0 Å². The Morgan fingerprint density at radius 3 is 2.12 bits per heavy atom. The fourth-order valence-corrected chi connectivity index (χ4v) is 9.98. The SMILES string of the molecule is Cc1cc(-c2c[c-]c(-c3cc(C)c([Si](C)(C)C)cn3)cc2)cc(C)n1.[Ir].[c-]1ccc2c(oc3cc(-c4ccccc4)ccc32)c1-c1cc(C2CCCCC2)ccn1. The fraction of sp³-hybridized carbons (Fsp3) is 0.235. The van der Waals surface area contributed by atoms with Crippen molar-refractivity contribution in [1.82, 2.24) is 15.0 Å². The minimum Gasteiger partial charge on any atom is -0.501 e. The third-order valence-corrected chi connectivity index (χ3v) is 13.2. The van der Waals surface area contributed by atoms with E-state index in [2.05, 4.69) is 141 Å². The van der Waals surface area contributed by atoms with Crippen molar-refractivity contribution in [3.63, 3.8) is 0 Å². The average Bonchev–Trinajstić information content (AvgIpc) is 3.59. The molecule has 1 fully saturated rings. The Labute approximate surface area is 352 Å². The van der Waals surface area contributed by atoms with Crippen LogP contribution >= 0.6 is 0 Å². The van der Waals surface area contributed by atoms with Gasteiger partial charge < -0.3 is 14.4 Å². The van der Waals surface area contributed by atoms with Gasteiger partial charge in [-0.3, -0.25) is 4.98 Å². The standard InChI is InChI=1S/C29H24NO.C22H25N2Si.Ir/c1-3-8-20(9-4-1)22-14-15-24-25-12-7-13-26(29(25)31-28(24)19-22)27-18-23(16-17-30-27)21-10-5-2-6-11-21;1-15-11-21(23-14-22(15)25(4,5)6)19-9-7-18(8-10-19)20-12-16(2)24-17(3)13-20;/h1,3-4,7-9,12,14-19,21H,2,5-6,10-11H2;7-9,11-14H,1-6H3;/q2*-1;. The molecule has 0 amide bonds. The molecule has 0 bridgehead atoms. The van der Waals surface area contributed by atoms with Gasteiger partial charge in [0, 0.05) is 49.3 Å². The molecule has 0 unspecified atom stereocenters. The number of pyridine rings is 3. The summed E-state index contributed by atoms with van der Waals surface area (Å²) in [5.41, 5.74) is 15.2. The largest absolute Gasteiger partial charge is 0.501 e. The number of aryl methyl sites for hydroxylation is 3. The summed E-state index contributed by atoms with van der Waals surface area (Å²) < 4.78 is 6.41. The minimum atomic E-state index is -1.34. The van der Waals surface area contributed by atoms with Gasteiger partial charge in [0.2, 0.25) is 0 Å². The third-order valence-electron chi connectivity index (χ3n) is 11.1. The molecule has 1 saturated carbocycles. The van der Waals surface area contributed by atoms with Crippen LogP contribution in [0.25, 0.3) is 66.7 Å². The van der Waals surface area contributed by atoms with Gasteiger partial charge in [0.25, 0.3) is 0 Å². The summed E-state index contributed by atoms with van der Waals surface area (Å²) in [5.74, 6) is 0.652. The maximum absolute atomic E-state index is 6.41. The Hall–Kier alpha value is -5.00. The number of hydrogen-bond acceptors (Lipinski definition) is 4. The van der Waals surface area contributed by atoms with Crippen LogP contribution in [0, 0.1) is 32.9 Å². The molecule has 8 aromatic rings. The molecular weight excluding hydrogens is 891 g/mol. The van der Waals surface area contributed by atoms with E-state index in [-0.39, 0.29) is 20.1 Å². The Bertz CT molecular complexity index is 2620. The second-order valence-electron chi connectivity index (χ2n) is 16.3. The second kappa shape index (κ2) is 17.2. The molecule has 1 radical (unpaired) electrons. The minimum absolute atomic E-state index is 0. The van der Waals surface area contributed by atoms with Crippen molar-refractivity contribution in [2.45, 2.75) is 78.4 Å². The predicted octanol–water partition coefficient (Wildman–Crippen LogP) is 13.2. The summed E-state index contributed by atoms with van der Waals surface area (Å²) >= 11 is 0. The van der Waals surface area contributed by atoms with Crippen LogP contribution in [0.3, 0.4) is 0 Å². The molecule has 0 N–H and O–H groups in total. The van der Waals surface area contributed by atoms with Gasteiger partial charge >= 0.3 is 0 Å². The monoisotopic (exact) mass is 940 g/mol. The first-order valence-electron chi connectivity index (χ1n) is 19.9. The van der Waals surface area contributed by atoms with Crippen molar-refractivity contribution >= 4 is 35.2 Å². The van der Waals surface area contributed by atoms with Crippen molar-refractivity contribution in [2.75, 3.05) is 0 Å². The van der Waals surface area contributed by atoms with Gasteiger partial charge in [-0.1, -0.05) is 127 Å². The van der Waals surface area contributed by atoms with E-state index in [0.29, 0.717) is 5.92 Å². The molecule has 57 heavy (non-hydrogen) atoms. The summed E-state index contributed by atoms with van der Waals surface area (Å²) in [7, 11) is -1.34. The molecule has 289 valence electrons. The molecule has 4 aromatic carbocycles. The molecular formula is C51H49IrN3OSi-2. The van der Waals surface area contributed by atoms with Gasteiger partial charge in [0.05, 0.1) is 13.7 Å². The van der Waals surface area contributed by atoms with Crippen LogP contribution in [0.15, 0.2) is 126 Å². The zero-order valence-electron chi connectivity index (χ0n) is 33.7. The van der Waals surface area contributed by atoms with Crippen molar-refractivity contribution in [3.05, 3.63) is 156 Å². The van der Waals surface area contributed by atoms with Gasteiger partial charge in [-0.25, -0.2) is 0 Å². The first-order valence-corrected chi connectivity index (χ1v) is 23.4. The molecule has 4 nitrogen and oxygen atoms in total. The summed E-state index contributed by atoms with van der Waals surface area (Å²) in [5, 5.41) is 3.68. The number of nitrogens with zero attached hydrogens (tertiary/aromatic N) is 3. The zero-order valence-corrected chi connectivity index (χ0v) is 37.1. The number of rotatable bonds is 6. The smallest absolute Gasteiger partial charge is 0.121 e. The first kappa shape index (κ1) is 40.2. The van der Waals surface area contributed by atoms with E-state index in [0.717, 1.165) is 67.0 Å². The molecule has 0 aliphatic heterocycles. The molecule has 0 spiro atoms. The first-order chi connectivity index (χ1) is 27.1. The number of furan rings is 1. The van der Waals surface area contributed by atoms with Gasteiger partial charge in [-0.2, -0.15) is 0 Å². The summed E-state index contributed by atoms with van der Waals surface area (Å²) in [6, 6.07) is 45.0. The van der Waals surface area contributed by atoms with Gasteiger partial charge in [0.15, 0.2) is 0 Å². The van der Waals surface area contributed by atoms with Crippen molar-refractivity contribution < 1.29 is 24.5 Å². The summed E-state index contributed by atoms with van der Waals surface area (Å²) in [6.45, 7) is 13.3. The van der Waals surface area contributed by atoms with Crippen LogP contribution < -0.4 is 5.19 Å². The zero-order chi connectivity index (χ0) is 38.8. The Balaban J connectivity index is 0.000000175. The quantitative estimate of drug-likeness (QED) is 0.123. The Morgan fingerprint density at radius 2 is 1.42 bits per heavy atom. The topological polar surface area (TPSA) is 51.8 Å². The van der Waals surface area contributed by atoms with E-state index in [1.165, 1.54) is 59.5 Å². The van der Waals surface area contributed by atoms with Crippen LogP contribution in [-0.4, -0.2) is 23.0 Å². The van der Waals surface area contributed by atoms with Crippen LogP contribution in [0.5, 0.6) is 0 Å². The molecule has 9 rings (SSSR count). The van der Waals surface area contributed by atoms with Crippen LogP contribution in [0.1, 0.15) is 60.5 Å². The molecule has 4 aromatic heterocycles. The van der Waals surface area contributed by atoms with Crippen LogP contribution in [0.4, 0.5) is 0 Å². The van der Waals surface area contributed by atoms with E-state index in [1.807, 2.05) is 38.2 Å². The number of aromatic nitrogens is 3. The van der Waals surface area contributed by atoms with E-state index in [1.54, 1.807) is 0 Å². The van der Waals surface area contributed by atoms with Gasteiger partial charge in [-0.15, -0.1) is 48.0 Å². The number of hydrogen-bond donors (Lipinski definition) is 0. The molecule has 1 aliphatic rings. The van der Waals surface area contributed by atoms with Crippen LogP contribution in [0.2, 0.25) is 19.6 Å². The predicted molar refractivity (Wildman–Crippen MR) is 236 cm³/mol. The van der Waals surface area contributed by atoms with Crippen molar-refractivity contribution in [3.8, 4) is 44.8 Å². The molecule has 0 atom stereocenters. The Morgan fingerprint density at radius 1 is 0.667 bits per heavy atom. The molecule has 1 aliphatic carbocycles. The summed E-state index contributed by atoms with van der Waals surface area (Å²) in [4.78, 5) is 13.8. The number of fused-ring (bicyclic) bond motifs is 3. The molecule has 6 heteroatoms. The van der Waals surface area contributed by atoms with Gasteiger partial charge in [0.1, 0.15) is 5.58 Å².